The second kappa shape index (κ2) is 4.90. The molecule has 0 aliphatic carbocycles. The molecular formula is C12H14FNO4S. The summed E-state index contributed by atoms with van der Waals surface area (Å²) in [6, 6.07) is 2.68. The molecule has 19 heavy (non-hydrogen) atoms. The lowest BCUT2D eigenvalue weighted by atomic mass is 10.2. The van der Waals surface area contributed by atoms with Gasteiger partial charge in [-0.15, -0.1) is 0 Å². The van der Waals surface area contributed by atoms with Gasteiger partial charge < -0.3 is 5.11 Å². The Hall–Kier alpha value is -1.47. The van der Waals surface area contributed by atoms with Crippen LogP contribution in [0.25, 0.3) is 0 Å². The van der Waals surface area contributed by atoms with Gasteiger partial charge in [-0.25, -0.2) is 12.8 Å². The van der Waals surface area contributed by atoms with Crippen LogP contribution in [-0.2, 0) is 14.8 Å². The molecule has 0 aromatic heterocycles. The molecule has 0 amide bonds. The molecule has 1 saturated heterocycles. The third-order valence-corrected chi connectivity index (χ3v) is 5.10. The van der Waals surface area contributed by atoms with E-state index in [0.29, 0.717) is 12.0 Å². The fourth-order valence-corrected chi connectivity index (χ4v) is 3.91. The van der Waals surface area contributed by atoms with Crippen molar-refractivity contribution in [3.8, 4) is 0 Å². The highest BCUT2D eigenvalue weighted by Gasteiger charge is 2.40. The van der Waals surface area contributed by atoms with Crippen LogP contribution >= 0.6 is 0 Å². The zero-order valence-corrected chi connectivity index (χ0v) is 11.2. The lowest BCUT2D eigenvalue weighted by Gasteiger charge is -2.21. The molecule has 5 nitrogen and oxygen atoms in total. The molecule has 1 unspecified atom stereocenters. The van der Waals surface area contributed by atoms with Crippen molar-refractivity contribution in [2.75, 3.05) is 6.54 Å². The predicted molar refractivity (Wildman–Crippen MR) is 65.7 cm³/mol. The number of sulfonamides is 1. The van der Waals surface area contributed by atoms with Crippen LogP contribution in [0.2, 0.25) is 0 Å². The third-order valence-electron chi connectivity index (χ3n) is 3.16. The first-order chi connectivity index (χ1) is 8.84. The normalized spacial score (nSPS) is 20.6. The van der Waals surface area contributed by atoms with E-state index >= 15 is 0 Å². The van der Waals surface area contributed by atoms with Gasteiger partial charge in [-0.05, 0) is 37.5 Å². The Balaban J connectivity index is 2.45. The van der Waals surface area contributed by atoms with Gasteiger partial charge in [-0.1, -0.05) is 6.07 Å². The standard InChI is InChI=1S/C12H14FNO4S/c1-8-4-5-11(9(13)7-8)19(17,18)14-6-2-3-10(14)12(15)16/h4-5,7,10H,2-3,6H2,1H3,(H,15,16). The first-order valence-corrected chi connectivity index (χ1v) is 7.29. The van der Waals surface area contributed by atoms with Gasteiger partial charge in [0, 0.05) is 6.54 Å². The fraction of sp³-hybridized carbons (Fsp3) is 0.417. The van der Waals surface area contributed by atoms with E-state index in [0.717, 1.165) is 10.4 Å². The molecular weight excluding hydrogens is 273 g/mol. The van der Waals surface area contributed by atoms with Crippen LogP contribution in [0.4, 0.5) is 4.39 Å². The van der Waals surface area contributed by atoms with Crippen molar-refractivity contribution in [3.63, 3.8) is 0 Å². The smallest absolute Gasteiger partial charge is 0.322 e. The van der Waals surface area contributed by atoms with Gasteiger partial charge in [-0.2, -0.15) is 4.31 Å². The summed E-state index contributed by atoms with van der Waals surface area (Å²) in [6.45, 7) is 1.75. The molecule has 104 valence electrons. The highest BCUT2D eigenvalue weighted by atomic mass is 32.2. The first kappa shape index (κ1) is 14.0. The van der Waals surface area contributed by atoms with Crippen LogP contribution < -0.4 is 0 Å². The molecule has 1 aromatic rings. The summed E-state index contributed by atoms with van der Waals surface area (Å²) >= 11 is 0. The highest BCUT2D eigenvalue weighted by Crippen LogP contribution is 2.27. The molecule has 1 atom stereocenters. The third kappa shape index (κ3) is 2.48. The molecule has 0 spiro atoms. The zero-order chi connectivity index (χ0) is 14.2. The monoisotopic (exact) mass is 287 g/mol. The van der Waals surface area contributed by atoms with Gasteiger partial charge in [0.2, 0.25) is 10.0 Å². The molecule has 0 bridgehead atoms. The average Bonchev–Trinajstić information content (AvgIpc) is 2.77. The first-order valence-electron chi connectivity index (χ1n) is 5.85. The van der Waals surface area contributed by atoms with E-state index in [4.69, 9.17) is 5.11 Å². The quantitative estimate of drug-likeness (QED) is 0.911. The predicted octanol–water partition coefficient (Wildman–Crippen LogP) is 1.37. The topological polar surface area (TPSA) is 74.7 Å². The molecule has 1 fully saturated rings. The maximum atomic E-state index is 13.8. The lowest BCUT2D eigenvalue weighted by Crippen LogP contribution is -2.40. The molecule has 7 heteroatoms. The number of carbonyl (C=O) groups is 1. The SMILES string of the molecule is Cc1ccc(S(=O)(=O)N2CCCC2C(=O)O)c(F)c1. The van der Waals surface area contributed by atoms with Gasteiger partial charge in [-0.3, -0.25) is 4.79 Å². The van der Waals surface area contributed by atoms with Gasteiger partial charge >= 0.3 is 5.97 Å². The molecule has 1 aliphatic heterocycles. The second-order valence-electron chi connectivity index (χ2n) is 4.55. The lowest BCUT2D eigenvalue weighted by molar-refractivity contribution is -0.140. The fourth-order valence-electron chi connectivity index (χ4n) is 2.22. The average molecular weight is 287 g/mol. The van der Waals surface area contributed by atoms with Crippen LogP contribution in [0.3, 0.4) is 0 Å². The van der Waals surface area contributed by atoms with E-state index < -0.39 is 32.7 Å². The zero-order valence-electron chi connectivity index (χ0n) is 10.3. The molecule has 0 radical (unpaired) electrons. The summed E-state index contributed by atoms with van der Waals surface area (Å²) in [4.78, 5) is 10.6. The van der Waals surface area contributed by atoms with Crippen molar-refractivity contribution in [2.45, 2.75) is 30.7 Å². The molecule has 0 saturated carbocycles. The van der Waals surface area contributed by atoms with E-state index in [1.54, 1.807) is 6.92 Å². The Morgan fingerprint density at radius 2 is 2.16 bits per heavy atom. The summed E-state index contributed by atoms with van der Waals surface area (Å²) in [5.74, 6) is -2.05. The Bertz CT molecular complexity index is 614. The second-order valence-corrected chi connectivity index (χ2v) is 6.40. The Labute approximate surface area is 110 Å². The Morgan fingerprint density at radius 3 is 2.74 bits per heavy atom. The minimum Gasteiger partial charge on any atom is -0.480 e. The van der Waals surface area contributed by atoms with Gasteiger partial charge in [0.05, 0.1) is 0 Å². The summed E-state index contributed by atoms with van der Waals surface area (Å²) in [5, 5.41) is 9.01. The van der Waals surface area contributed by atoms with Crippen molar-refractivity contribution < 1.29 is 22.7 Å². The van der Waals surface area contributed by atoms with Crippen LogP contribution in [-0.4, -0.2) is 36.4 Å². The molecule has 1 aromatic carbocycles. The summed E-state index contributed by atoms with van der Waals surface area (Å²) < 4.78 is 39.2. The number of halogens is 1. The van der Waals surface area contributed by atoms with E-state index in [1.165, 1.54) is 12.1 Å². The number of carboxylic acids is 1. The number of rotatable bonds is 3. The molecule has 1 heterocycles. The van der Waals surface area contributed by atoms with Crippen molar-refractivity contribution in [3.05, 3.63) is 29.6 Å². The van der Waals surface area contributed by atoms with E-state index in [9.17, 15) is 17.6 Å². The molecule has 1 N–H and O–H groups in total. The van der Waals surface area contributed by atoms with Crippen molar-refractivity contribution in [1.82, 2.24) is 4.31 Å². The Kier molecular flexibility index (Phi) is 3.60. The van der Waals surface area contributed by atoms with Gasteiger partial charge in [0.1, 0.15) is 16.8 Å². The number of carboxylic acid groups (broad SMARTS) is 1. The number of benzene rings is 1. The van der Waals surface area contributed by atoms with E-state index in [-0.39, 0.29) is 13.0 Å². The number of aryl methyl sites for hydroxylation is 1. The summed E-state index contributed by atoms with van der Waals surface area (Å²) in [7, 11) is -4.10. The van der Waals surface area contributed by atoms with Crippen molar-refractivity contribution in [1.29, 1.82) is 0 Å². The van der Waals surface area contributed by atoms with Crippen LogP contribution in [0.5, 0.6) is 0 Å². The Morgan fingerprint density at radius 1 is 1.47 bits per heavy atom. The van der Waals surface area contributed by atoms with Crippen LogP contribution in [0.1, 0.15) is 18.4 Å². The number of aliphatic carboxylic acids is 1. The maximum absolute atomic E-state index is 13.8. The van der Waals surface area contributed by atoms with Gasteiger partial charge in [0.25, 0.3) is 0 Å². The van der Waals surface area contributed by atoms with Crippen LogP contribution in [0, 0.1) is 12.7 Å². The van der Waals surface area contributed by atoms with Crippen molar-refractivity contribution >= 4 is 16.0 Å². The van der Waals surface area contributed by atoms with Gasteiger partial charge in [0.15, 0.2) is 0 Å². The van der Waals surface area contributed by atoms with Crippen molar-refractivity contribution in [2.24, 2.45) is 0 Å². The van der Waals surface area contributed by atoms with E-state index in [2.05, 4.69) is 0 Å². The highest BCUT2D eigenvalue weighted by molar-refractivity contribution is 7.89. The van der Waals surface area contributed by atoms with Crippen LogP contribution in [0.15, 0.2) is 23.1 Å². The number of hydrogen-bond donors (Lipinski definition) is 1. The summed E-state index contributed by atoms with van der Waals surface area (Å²) in [6.07, 6.45) is 0.714. The largest absolute Gasteiger partial charge is 0.480 e. The molecule has 1 aliphatic rings. The number of hydrogen-bond acceptors (Lipinski definition) is 3. The number of nitrogens with zero attached hydrogens (tertiary/aromatic N) is 1. The minimum absolute atomic E-state index is 0.104. The minimum atomic E-state index is -4.10. The maximum Gasteiger partial charge on any atom is 0.322 e. The molecule has 2 rings (SSSR count). The van der Waals surface area contributed by atoms with E-state index in [1.807, 2.05) is 0 Å². The summed E-state index contributed by atoms with van der Waals surface area (Å²) in [5.41, 5.74) is 0.604.